The van der Waals surface area contributed by atoms with Crippen LogP contribution in [-0.2, 0) is 0 Å². The van der Waals surface area contributed by atoms with Crippen molar-refractivity contribution in [2.24, 2.45) is 0 Å². The van der Waals surface area contributed by atoms with Gasteiger partial charge in [-0.25, -0.2) is 13.8 Å². The minimum absolute atomic E-state index is 0.284. The summed E-state index contributed by atoms with van der Waals surface area (Å²) in [6.45, 7) is 0. The van der Waals surface area contributed by atoms with Crippen LogP contribution in [0.1, 0.15) is 12.2 Å². The normalized spacial score (nSPS) is 11.4. The first-order valence-corrected chi connectivity index (χ1v) is 4.39. The van der Waals surface area contributed by atoms with Gasteiger partial charge in [-0.05, 0) is 18.2 Å². The molecule has 0 amide bonds. The van der Waals surface area contributed by atoms with E-state index in [0.29, 0.717) is 11.0 Å². The summed E-state index contributed by atoms with van der Waals surface area (Å²) in [4.78, 5) is 6.27. The maximum absolute atomic E-state index is 12.2. The molecule has 0 aliphatic carbocycles. The maximum atomic E-state index is 12.2. The molecule has 0 atom stereocenters. The topological polar surface area (TPSA) is 28.7 Å². The number of nitrogens with zero attached hydrogens (tertiary/aromatic N) is 1. The number of hydrogen-bond acceptors (Lipinski definition) is 1. The Balaban J connectivity index is 2.62. The number of halogens is 3. The van der Waals surface area contributed by atoms with Crippen molar-refractivity contribution < 1.29 is 8.78 Å². The lowest BCUT2D eigenvalue weighted by Gasteiger charge is -1.88. The molecule has 0 bridgehead atoms. The van der Waals surface area contributed by atoms with Gasteiger partial charge in [-0.1, -0.05) is 15.9 Å². The van der Waals surface area contributed by atoms with Crippen LogP contribution in [0, 0.1) is 0 Å². The van der Waals surface area contributed by atoms with Gasteiger partial charge in [0, 0.05) is 4.47 Å². The van der Waals surface area contributed by atoms with E-state index in [-0.39, 0.29) is 5.82 Å². The lowest BCUT2D eigenvalue weighted by atomic mass is 10.3. The van der Waals surface area contributed by atoms with Crippen molar-refractivity contribution in [3.8, 4) is 0 Å². The quantitative estimate of drug-likeness (QED) is 0.823. The van der Waals surface area contributed by atoms with Crippen LogP contribution in [0.5, 0.6) is 0 Å². The number of rotatable bonds is 1. The van der Waals surface area contributed by atoms with Crippen molar-refractivity contribution in [2.75, 3.05) is 0 Å². The smallest absolute Gasteiger partial charge is 0.295 e. The van der Waals surface area contributed by atoms with E-state index in [9.17, 15) is 8.78 Å². The minimum Gasteiger partial charge on any atom is -0.337 e. The van der Waals surface area contributed by atoms with Gasteiger partial charge < -0.3 is 4.98 Å². The Hall–Kier alpha value is -0.970. The summed E-state index contributed by atoms with van der Waals surface area (Å²) in [5, 5.41) is 0. The molecule has 2 aromatic rings. The first-order chi connectivity index (χ1) is 6.16. The molecule has 0 saturated heterocycles. The van der Waals surface area contributed by atoms with Gasteiger partial charge in [-0.2, -0.15) is 0 Å². The highest BCUT2D eigenvalue weighted by molar-refractivity contribution is 9.10. The lowest BCUT2D eigenvalue weighted by Crippen LogP contribution is -1.84. The summed E-state index contributed by atoms with van der Waals surface area (Å²) in [5.41, 5.74) is 1.17. The van der Waals surface area contributed by atoms with Crippen LogP contribution in [0.4, 0.5) is 8.78 Å². The predicted octanol–water partition coefficient (Wildman–Crippen LogP) is 3.26. The number of aromatic nitrogens is 2. The zero-order valence-corrected chi connectivity index (χ0v) is 7.98. The van der Waals surface area contributed by atoms with E-state index in [1.54, 1.807) is 18.2 Å². The highest BCUT2D eigenvalue weighted by atomic mass is 79.9. The highest BCUT2D eigenvalue weighted by Crippen LogP contribution is 2.22. The van der Waals surface area contributed by atoms with E-state index < -0.39 is 6.43 Å². The predicted molar refractivity (Wildman–Crippen MR) is 48.8 cm³/mol. The maximum Gasteiger partial charge on any atom is 0.295 e. The third-order valence-corrected chi connectivity index (χ3v) is 2.16. The monoisotopic (exact) mass is 246 g/mol. The molecule has 2 nitrogen and oxygen atoms in total. The number of benzene rings is 1. The van der Waals surface area contributed by atoms with Crippen LogP contribution in [0.25, 0.3) is 11.0 Å². The molecule has 0 aliphatic heterocycles. The number of hydrogen-bond donors (Lipinski definition) is 1. The van der Waals surface area contributed by atoms with Crippen molar-refractivity contribution in [1.82, 2.24) is 9.97 Å². The van der Waals surface area contributed by atoms with Gasteiger partial charge in [0.05, 0.1) is 11.0 Å². The average Bonchev–Trinajstić information content (AvgIpc) is 2.46. The standard InChI is InChI=1S/C8H5BrF2N2/c9-4-1-2-5-6(3-4)13-8(12-5)7(10)11/h1-3,7H,(H,12,13). The second-order valence-corrected chi connectivity index (χ2v) is 3.50. The number of imidazole rings is 1. The Morgan fingerprint density at radius 2 is 2.15 bits per heavy atom. The third-order valence-electron chi connectivity index (χ3n) is 1.67. The second kappa shape index (κ2) is 3.06. The number of fused-ring (bicyclic) bond motifs is 1. The van der Waals surface area contributed by atoms with E-state index in [2.05, 4.69) is 25.9 Å². The van der Waals surface area contributed by atoms with E-state index in [0.717, 1.165) is 4.47 Å². The van der Waals surface area contributed by atoms with Gasteiger partial charge in [0.2, 0.25) is 0 Å². The SMILES string of the molecule is FC(F)c1nc2ccc(Br)cc2[nH]1. The summed E-state index contributed by atoms with van der Waals surface area (Å²) in [5.74, 6) is -0.284. The van der Waals surface area contributed by atoms with Gasteiger partial charge in [0.1, 0.15) is 0 Å². The Morgan fingerprint density at radius 3 is 2.85 bits per heavy atom. The number of alkyl halides is 2. The van der Waals surface area contributed by atoms with Crippen LogP contribution in [0.3, 0.4) is 0 Å². The van der Waals surface area contributed by atoms with Gasteiger partial charge >= 0.3 is 0 Å². The molecule has 1 aromatic carbocycles. The molecular weight excluding hydrogens is 242 g/mol. The largest absolute Gasteiger partial charge is 0.337 e. The fourth-order valence-electron chi connectivity index (χ4n) is 1.10. The van der Waals surface area contributed by atoms with Crippen LogP contribution in [0.15, 0.2) is 22.7 Å². The van der Waals surface area contributed by atoms with Crippen LogP contribution in [-0.4, -0.2) is 9.97 Å². The van der Waals surface area contributed by atoms with Crippen LogP contribution < -0.4 is 0 Å². The summed E-state index contributed by atoms with van der Waals surface area (Å²) in [6.07, 6.45) is -2.55. The van der Waals surface area contributed by atoms with Crippen molar-refractivity contribution >= 4 is 27.0 Å². The Kier molecular flexibility index (Phi) is 2.03. The molecule has 5 heteroatoms. The zero-order chi connectivity index (χ0) is 9.42. The van der Waals surface area contributed by atoms with Crippen molar-refractivity contribution in [3.05, 3.63) is 28.5 Å². The molecular formula is C8H5BrF2N2. The zero-order valence-electron chi connectivity index (χ0n) is 6.39. The molecule has 0 saturated carbocycles. The first-order valence-electron chi connectivity index (χ1n) is 3.60. The number of nitrogens with one attached hydrogen (secondary N) is 1. The molecule has 0 unspecified atom stereocenters. The Bertz CT molecular complexity index is 439. The van der Waals surface area contributed by atoms with Gasteiger partial charge in [-0.15, -0.1) is 0 Å². The first kappa shape index (κ1) is 8.62. The molecule has 0 aliphatic rings. The molecule has 1 heterocycles. The third kappa shape index (κ3) is 1.56. The molecule has 68 valence electrons. The van der Waals surface area contributed by atoms with Crippen LogP contribution >= 0.6 is 15.9 Å². The molecule has 0 fully saturated rings. The highest BCUT2D eigenvalue weighted by Gasteiger charge is 2.11. The Labute approximate surface area is 81.1 Å². The van der Waals surface area contributed by atoms with Gasteiger partial charge in [-0.3, -0.25) is 0 Å². The summed E-state index contributed by atoms with van der Waals surface area (Å²) in [7, 11) is 0. The van der Waals surface area contributed by atoms with Crippen molar-refractivity contribution in [3.63, 3.8) is 0 Å². The molecule has 0 spiro atoms. The Morgan fingerprint density at radius 1 is 1.38 bits per heavy atom. The summed E-state index contributed by atoms with van der Waals surface area (Å²) >= 11 is 3.24. The van der Waals surface area contributed by atoms with Gasteiger partial charge in [0.25, 0.3) is 6.43 Å². The fraction of sp³-hybridized carbons (Fsp3) is 0.125. The lowest BCUT2D eigenvalue weighted by molar-refractivity contribution is 0.142. The van der Waals surface area contributed by atoms with Crippen LogP contribution in [0.2, 0.25) is 0 Å². The number of aromatic amines is 1. The van der Waals surface area contributed by atoms with Crippen molar-refractivity contribution in [2.45, 2.75) is 6.43 Å². The minimum atomic E-state index is -2.55. The molecule has 0 radical (unpaired) electrons. The van der Waals surface area contributed by atoms with E-state index >= 15 is 0 Å². The summed E-state index contributed by atoms with van der Waals surface area (Å²) in [6, 6.07) is 5.16. The average molecular weight is 247 g/mol. The molecule has 2 rings (SSSR count). The van der Waals surface area contributed by atoms with Crippen molar-refractivity contribution in [1.29, 1.82) is 0 Å². The molecule has 13 heavy (non-hydrogen) atoms. The molecule has 1 aromatic heterocycles. The second-order valence-electron chi connectivity index (χ2n) is 2.58. The summed E-state index contributed by atoms with van der Waals surface area (Å²) < 4.78 is 25.2. The van der Waals surface area contributed by atoms with E-state index in [1.165, 1.54) is 0 Å². The van der Waals surface area contributed by atoms with E-state index in [4.69, 9.17) is 0 Å². The van der Waals surface area contributed by atoms with Gasteiger partial charge in [0.15, 0.2) is 5.82 Å². The fourth-order valence-corrected chi connectivity index (χ4v) is 1.47. The van der Waals surface area contributed by atoms with E-state index in [1.807, 2.05) is 0 Å². The molecule has 1 N–H and O–H groups in total. The number of H-pyrrole nitrogens is 1.